The Bertz CT molecular complexity index is 2480. The summed E-state index contributed by atoms with van der Waals surface area (Å²) in [6, 6.07) is 6.71. The fourth-order valence-corrected chi connectivity index (χ4v) is 13.0. The second kappa shape index (κ2) is 31.5. The molecule has 27 heteroatoms. The minimum absolute atomic E-state index is 0.0177. The van der Waals surface area contributed by atoms with Crippen molar-refractivity contribution in [1.29, 1.82) is 0 Å². The van der Waals surface area contributed by atoms with E-state index >= 15 is 0 Å². The van der Waals surface area contributed by atoms with E-state index in [-0.39, 0.29) is 89.1 Å². The highest BCUT2D eigenvalue weighted by atomic mass is 33.1. The molecular formula is C52H76N14O11S2. The molecule has 25 nitrogen and oxygen atoms in total. The molecule has 3 fully saturated rings. The number of methoxy groups -OCH3 is 1. The van der Waals surface area contributed by atoms with Gasteiger partial charge in [0.05, 0.1) is 13.7 Å². The number of carbonyl (C=O) groups excluding carboxylic acids is 10. The minimum atomic E-state index is -1.49. The Balaban J connectivity index is 1.52. The van der Waals surface area contributed by atoms with Gasteiger partial charge in [-0.2, -0.15) is 0 Å². The molecule has 3 aliphatic rings. The molecule has 432 valence electrons. The predicted octanol–water partition coefficient (Wildman–Crippen LogP) is -1.86. The number of ether oxygens (including phenoxy) is 1. The molecule has 1 saturated carbocycles. The standard InChI is InChI=1S/C52H76N14O11S2/c1-77-33-16-14-32(15-17-33)27-37-47(73)64-38(26-31-10-4-2-5-11-31)48(74)61-35(18-19-41(54)67)45(71)62-36(20-23-53)46(72)65-39(30-78-79-52(28-43(69)60-37)21-6-3-7-22-52)50(76)66-25-9-13-40(66)49(75)63-34(12-8-24-58-51(56)57)44(70)59-29-42(55)68/h2,4-5,10-11,14-17,34-40H,3,6-9,12-13,18-30,53H2,1H3,(H2,54,67)(H2,55,68)(H,59,70)(H,60,69)(H,61,74)(H,62,71)(H,63,75)(H,64,73)(H,65,72)(H4,56,57,58)/t34-,35-,36-,37-,38-,39-,40-/m0/s1. The van der Waals surface area contributed by atoms with Crippen molar-refractivity contribution in [3.63, 3.8) is 0 Å². The first-order valence-electron chi connectivity index (χ1n) is 26.5. The summed E-state index contributed by atoms with van der Waals surface area (Å²) in [6.07, 6.45) is 3.67. The molecule has 2 aromatic carbocycles. The van der Waals surface area contributed by atoms with Gasteiger partial charge in [0.2, 0.25) is 59.1 Å². The van der Waals surface area contributed by atoms with Gasteiger partial charge in [0.25, 0.3) is 0 Å². The molecular weight excluding hydrogens is 1060 g/mol. The highest BCUT2D eigenvalue weighted by Gasteiger charge is 2.42. The first-order valence-corrected chi connectivity index (χ1v) is 28.8. The minimum Gasteiger partial charge on any atom is -0.497 e. The Hall–Kier alpha value is -7.13. The molecule has 5 rings (SSSR count). The van der Waals surface area contributed by atoms with Gasteiger partial charge in [-0.3, -0.25) is 52.9 Å². The van der Waals surface area contributed by atoms with Crippen LogP contribution in [-0.4, -0.2) is 156 Å². The van der Waals surface area contributed by atoms with Crippen LogP contribution in [0.25, 0.3) is 0 Å². The highest BCUT2D eigenvalue weighted by molar-refractivity contribution is 8.77. The van der Waals surface area contributed by atoms with Crippen molar-refractivity contribution in [2.24, 2.45) is 33.7 Å². The van der Waals surface area contributed by atoms with Gasteiger partial charge in [0, 0.05) is 49.3 Å². The Morgan fingerprint density at radius 2 is 1.37 bits per heavy atom. The van der Waals surface area contributed by atoms with Crippen LogP contribution in [0.3, 0.4) is 0 Å². The van der Waals surface area contributed by atoms with Crippen molar-refractivity contribution < 1.29 is 52.7 Å². The van der Waals surface area contributed by atoms with E-state index in [9.17, 15) is 47.9 Å². The molecule has 79 heavy (non-hydrogen) atoms. The molecule has 1 aliphatic carbocycles. The molecule has 2 aromatic rings. The molecule has 0 aromatic heterocycles. The van der Waals surface area contributed by atoms with Crippen LogP contribution in [0, 0.1) is 0 Å². The molecule has 2 heterocycles. The Kier molecular flexibility index (Phi) is 25.0. The third-order valence-electron chi connectivity index (χ3n) is 13.8. The number of nitrogens with one attached hydrogen (secondary N) is 7. The molecule has 1 spiro atoms. The number of nitrogens with two attached hydrogens (primary N) is 5. The monoisotopic (exact) mass is 1140 g/mol. The summed E-state index contributed by atoms with van der Waals surface area (Å²) in [7, 11) is 4.15. The lowest BCUT2D eigenvalue weighted by molar-refractivity contribution is -0.142. The summed E-state index contributed by atoms with van der Waals surface area (Å²) >= 11 is 0. The van der Waals surface area contributed by atoms with Gasteiger partial charge in [-0.15, -0.1) is 0 Å². The summed E-state index contributed by atoms with van der Waals surface area (Å²) in [5.41, 5.74) is 29.0. The number of hydrogen-bond donors (Lipinski definition) is 12. The van der Waals surface area contributed by atoms with Crippen LogP contribution in [0.1, 0.15) is 94.6 Å². The van der Waals surface area contributed by atoms with E-state index in [1.54, 1.807) is 54.6 Å². The van der Waals surface area contributed by atoms with Crippen molar-refractivity contribution >= 4 is 86.6 Å². The van der Waals surface area contributed by atoms with Crippen LogP contribution in [0.4, 0.5) is 0 Å². The van der Waals surface area contributed by atoms with Gasteiger partial charge >= 0.3 is 0 Å². The number of likely N-dealkylation sites (tertiary alicyclic amines) is 1. The highest BCUT2D eigenvalue weighted by Crippen LogP contribution is 2.48. The van der Waals surface area contributed by atoms with E-state index in [2.05, 4.69) is 42.2 Å². The molecule has 0 bridgehead atoms. The summed E-state index contributed by atoms with van der Waals surface area (Å²) in [5.74, 6) is -7.01. The van der Waals surface area contributed by atoms with E-state index in [1.165, 1.54) is 33.6 Å². The summed E-state index contributed by atoms with van der Waals surface area (Å²) in [6.45, 7) is -0.403. The predicted molar refractivity (Wildman–Crippen MR) is 298 cm³/mol. The lowest BCUT2D eigenvalue weighted by Crippen LogP contribution is -2.61. The van der Waals surface area contributed by atoms with Crippen LogP contribution in [0.15, 0.2) is 59.6 Å². The van der Waals surface area contributed by atoms with Gasteiger partial charge < -0.3 is 75.5 Å². The summed E-state index contributed by atoms with van der Waals surface area (Å²) < 4.78 is 4.65. The first kappa shape index (κ1) is 62.7. The van der Waals surface area contributed by atoms with Gasteiger partial charge in [-0.25, -0.2) is 0 Å². The molecule has 0 unspecified atom stereocenters. The third kappa shape index (κ3) is 20.2. The molecule has 10 amide bonds. The zero-order valence-corrected chi connectivity index (χ0v) is 46.1. The van der Waals surface area contributed by atoms with Gasteiger partial charge in [0.1, 0.15) is 48.0 Å². The van der Waals surface area contributed by atoms with Gasteiger partial charge in [-0.05, 0) is 81.2 Å². The Morgan fingerprint density at radius 1 is 0.759 bits per heavy atom. The normalized spacial score (nSPS) is 22.8. The lowest BCUT2D eigenvalue weighted by atomic mass is 9.85. The second-order valence-electron chi connectivity index (χ2n) is 19.9. The maximum Gasteiger partial charge on any atom is 0.246 e. The number of aliphatic imine (C=N–C) groups is 1. The summed E-state index contributed by atoms with van der Waals surface area (Å²) in [5, 5.41) is 19.0. The van der Waals surface area contributed by atoms with Gasteiger partial charge in [-0.1, -0.05) is 83.3 Å². The van der Waals surface area contributed by atoms with Crippen LogP contribution in [0.5, 0.6) is 5.75 Å². The average Bonchev–Trinajstić information content (AvgIpc) is 3.96. The fraction of sp³-hybridized carbons (Fsp3) is 0.558. The first-order chi connectivity index (χ1) is 37.8. The van der Waals surface area contributed by atoms with E-state index in [1.807, 2.05) is 0 Å². The zero-order valence-electron chi connectivity index (χ0n) is 44.5. The molecule has 17 N–H and O–H groups in total. The van der Waals surface area contributed by atoms with Crippen molar-refractivity contribution in [3.05, 3.63) is 65.7 Å². The number of primary amides is 2. The maximum atomic E-state index is 15.0. The Morgan fingerprint density at radius 3 is 1.99 bits per heavy atom. The SMILES string of the molecule is COc1ccc(C[C@@H]2NC(=O)CC3(CCCCC3)SSC[C@@H](C(=O)N3CCC[C@H]3C(=O)N[C@@H](CCCN=C(N)N)C(=O)NCC(N)=O)NC(=O)[C@H](CCN)NC(=O)[C@H](CCC(N)=O)NC(=O)[C@H](Cc3ccccc3)NC2=O)cc1. The number of nitrogens with zero attached hydrogens (tertiary/aromatic N) is 2. The molecule has 0 radical (unpaired) electrons. The molecule has 2 saturated heterocycles. The Labute approximate surface area is 467 Å². The van der Waals surface area contributed by atoms with E-state index < -0.39 is 113 Å². The summed E-state index contributed by atoms with van der Waals surface area (Å²) in [4.78, 5) is 144. The number of hydrogen-bond acceptors (Lipinski definition) is 15. The average molecular weight is 1140 g/mol. The number of benzene rings is 2. The van der Waals surface area contributed by atoms with Crippen LogP contribution in [-0.2, 0) is 60.8 Å². The van der Waals surface area contributed by atoms with Crippen LogP contribution >= 0.6 is 21.6 Å². The number of carbonyl (C=O) groups is 10. The topological polar surface area (TPSA) is 410 Å². The van der Waals surface area contributed by atoms with E-state index in [0.717, 1.165) is 19.3 Å². The lowest BCUT2D eigenvalue weighted by Gasteiger charge is -2.37. The smallest absolute Gasteiger partial charge is 0.246 e. The second-order valence-corrected chi connectivity index (χ2v) is 22.7. The molecule has 7 atom stereocenters. The van der Waals surface area contributed by atoms with E-state index in [4.69, 9.17) is 33.4 Å². The van der Waals surface area contributed by atoms with E-state index in [0.29, 0.717) is 36.1 Å². The van der Waals surface area contributed by atoms with Crippen molar-refractivity contribution in [2.75, 3.05) is 39.0 Å². The van der Waals surface area contributed by atoms with Crippen molar-refractivity contribution in [1.82, 2.24) is 42.1 Å². The largest absolute Gasteiger partial charge is 0.497 e. The quantitative estimate of drug-likeness (QED) is 0.0299. The zero-order chi connectivity index (χ0) is 57.5. The fourth-order valence-electron chi connectivity index (χ4n) is 9.61. The number of rotatable bonds is 20. The van der Waals surface area contributed by atoms with Crippen LogP contribution in [0.2, 0.25) is 0 Å². The number of amides is 10. The number of guanidine groups is 1. The molecule has 2 aliphatic heterocycles. The van der Waals surface area contributed by atoms with Crippen molar-refractivity contribution in [3.8, 4) is 5.75 Å². The van der Waals surface area contributed by atoms with Crippen LogP contribution < -0.4 is 70.6 Å². The third-order valence-corrected chi connectivity index (χ3v) is 17.1. The van der Waals surface area contributed by atoms with Crippen molar-refractivity contribution in [2.45, 2.75) is 143 Å². The van der Waals surface area contributed by atoms with Gasteiger partial charge in [0.15, 0.2) is 5.96 Å². The maximum absolute atomic E-state index is 15.0.